The molecule has 1 unspecified atom stereocenters. The maximum absolute atomic E-state index is 5.57. The SMILES string of the molecule is CCNC(=NCc1ccnc(OC)c1)NCC(OC)C(C)(C)C.I. The lowest BCUT2D eigenvalue weighted by atomic mass is 9.89. The highest BCUT2D eigenvalue weighted by Crippen LogP contribution is 2.20. The smallest absolute Gasteiger partial charge is 0.213 e. The van der Waals surface area contributed by atoms with Gasteiger partial charge in [0, 0.05) is 32.5 Å². The van der Waals surface area contributed by atoms with Crippen LogP contribution in [0.1, 0.15) is 33.3 Å². The van der Waals surface area contributed by atoms with Crippen molar-refractivity contribution in [3.05, 3.63) is 23.9 Å². The Bertz CT molecular complexity index is 504. The van der Waals surface area contributed by atoms with Crippen molar-refractivity contribution in [2.45, 2.75) is 40.3 Å². The predicted molar refractivity (Wildman–Crippen MR) is 109 cm³/mol. The quantitative estimate of drug-likeness (QED) is 0.380. The first-order chi connectivity index (χ1) is 10.9. The monoisotopic (exact) mass is 450 g/mol. The van der Waals surface area contributed by atoms with E-state index in [2.05, 4.69) is 41.4 Å². The van der Waals surface area contributed by atoms with E-state index in [-0.39, 0.29) is 35.5 Å². The Kier molecular flexibility index (Phi) is 10.9. The number of ether oxygens (including phenoxy) is 2. The molecule has 1 atom stereocenters. The van der Waals surface area contributed by atoms with Crippen LogP contribution in [-0.4, -0.2) is 44.4 Å². The van der Waals surface area contributed by atoms with Gasteiger partial charge in [-0.3, -0.25) is 0 Å². The molecule has 0 aliphatic heterocycles. The molecule has 0 spiro atoms. The molecule has 6 nitrogen and oxygen atoms in total. The topological polar surface area (TPSA) is 67.8 Å². The third kappa shape index (κ3) is 8.14. The lowest BCUT2D eigenvalue weighted by Crippen LogP contribution is -2.45. The van der Waals surface area contributed by atoms with Gasteiger partial charge in [-0.25, -0.2) is 9.98 Å². The van der Waals surface area contributed by atoms with Gasteiger partial charge >= 0.3 is 0 Å². The van der Waals surface area contributed by atoms with Crippen LogP contribution >= 0.6 is 24.0 Å². The standard InChI is InChI=1S/C17H30N4O2.HI/c1-7-18-16(21-12-14(22-5)17(2,3)4)20-11-13-8-9-19-15(10-13)23-6;/h8-10,14H,7,11-12H2,1-6H3,(H2,18,20,21);1H. The number of rotatable bonds is 7. The average molecular weight is 450 g/mol. The normalized spacial score (nSPS) is 13.0. The number of nitrogens with one attached hydrogen (secondary N) is 2. The van der Waals surface area contributed by atoms with Crippen molar-refractivity contribution in [1.29, 1.82) is 0 Å². The molecule has 138 valence electrons. The van der Waals surface area contributed by atoms with E-state index in [9.17, 15) is 0 Å². The van der Waals surface area contributed by atoms with E-state index in [1.807, 2.05) is 19.1 Å². The van der Waals surface area contributed by atoms with Gasteiger partial charge in [0.2, 0.25) is 5.88 Å². The number of aliphatic imine (C=N–C) groups is 1. The van der Waals surface area contributed by atoms with Crippen LogP contribution < -0.4 is 15.4 Å². The molecule has 1 aromatic rings. The Morgan fingerprint density at radius 2 is 2.00 bits per heavy atom. The largest absolute Gasteiger partial charge is 0.481 e. The van der Waals surface area contributed by atoms with Gasteiger partial charge in [0.1, 0.15) is 0 Å². The number of nitrogens with zero attached hydrogens (tertiary/aromatic N) is 2. The summed E-state index contributed by atoms with van der Waals surface area (Å²) < 4.78 is 10.7. The molecular weight excluding hydrogens is 419 g/mol. The average Bonchev–Trinajstić information content (AvgIpc) is 2.52. The molecule has 0 aliphatic carbocycles. The second-order valence-electron chi connectivity index (χ2n) is 6.37. The first-order valence-corrected chi connectivity index (χ1v) is 7.94. The lowest BCUT2D eigenvalue weighted by molar-refractivity contribution is 0.0205. The number of methoxy groups -OCH3 is 2. The van der Waals surface area contributed by atoms with E-state index >= 15 is 0 Å². The highest BCUT2D eigenvalue weighted by atomic mass is 127. The van der Waals surface area contributed by atoms with Crippen molar-refractivity contribution >= 4 is 29.9 Å². The highest BCUT2D eigenvalue weighted by molar-refractivity contribution is 14.0. The molecule has 1 rings (SSSR count). The Morgan fingerprint density at radius 1 is 1.29 bits per heavy atom. The predicted octanol–water partition coefficient (Wildman–Crippen LogP) is 2.82. The Labute approximate surface area is 162 Å². The van der Waals surface area contributed by atoms with E-state index < -0.39 is 0 Å². The van der Waals surface area contributed by atoms with E-state index in [1.165, 1.54) is 0 Å². The van der Waals surface area contributed by atoms with E-state index in [0.717, 1.165) is 18.1 Å². The van der Waals surface area contributed by atoms with Gasteiger partial charge in [-0.2, -0.15) is 0 Å². The number of hydrogen-bond acceptors (Lipinski definition) is 4. The van der Waals surface area contributed by atoms with Crippen molar-refractivity contribution in [1.82, 2.24) is 15.6 Å². The molecule has 1 aromatic heterocycles. The molecule has 0 saturated carbocycles. The number of pyridine rings is 1. The number of halogens is 1. The first kappa shape index (κ1) is 22.9. The van der Waals surface area contributed by atoms with Gasteiger partial charge in [-0.1, -0.05) is 20.8 Å². The minimum Gasteiger partial charge on any atom is -0.481 e. The minimum atomic E-state index is 0. The molecule has 0 bridgehead atoms. The van der Waals surface area contributed by atoms with Crippen LogP contribution in [0.3, 0.4) is 0 Å². The molecule has 7 heteroatoms. The fraction of sp³-hybridized carbons (Fsp3) is 0.647. The zero-order chi connectivity index (χ0) is 17.3. The Hall–Kier alpha value is -1.09. The fourth-order valence-corrected chi connectivity index (χ4v) is 2.10. The van der Waals surface area contributed by atoms with Crippen LogP contribution in [-0.2, 0) is 11.3 Å². The van der Waals surface area contributed by atoms with Crippen molar-refractivity contribution in [3.8, 4) is 5.88 Å². The van der Waals surface area contributed by atoms with Crippen LogP contribution in [0.15, 0.2) is 23.3 Å². The second-order valence-corrected chi connectivity index (χ2v) is 6.37. The summed E-state index contributed by atoms with van der Waals surface area (Å²) in [7, 11) is 3.35. The third-order valence-electron chi connectivity index (χ3n) is 3.48. The van der Waals surface area contributed by atoms with Gasteiger partial charge in [0.15, 0.2) is 5.96 Å². The van der Waals surface area contributed by atoms with Crippen molar-refractivity contribution in [3.63, 3.8) is 0 Å². The summed E-state index contributed by atoms with van der Waals surface area (Å²) in [5, 5.41) is 6.59. The van der Waals surface area contributed by atoms with Crippen molar-refractivity contribution < 1.29 is 9.47 Å². The molecule has 0 aromatic carbocycles. The zero-order valence-electron chi connectivity index (χ0n) is 15.5. The maximum Gasteiger partial charge on any atom is 0.213 e. The van der Waals surface area contributed by atoms with E-state index in [4.69, 9.17) is 9.47 Å². The Morgan fingerprint density at radius 3 is 2.54 bits per heavy atom. The molecule has 0 aliphatic rings. The third-order valence-corrected chi connectivity index (χ3v) is 3.48. The molecule has 0 fully saturated rings. The van der Waals surface area contributed by atoms with E-state index in [1.54, 1.807) is 20.4 Å². The Balaban J connectivity index is 0.00000529. The van der Waals surface area contributed by atoms with Crippen LogP contribution in [0.5, 0.6) is 5.88 Å². The number of aromatic nitrogens is 1. The summed E-state index contributed by atoms with van der Waals surface area (Å²) in [5.74, 6) is 1.37. The summed E-state index contributed by atoms with van der Waals surface area (Å²) in [6.45, 7) is 10.6. The molecular formula is C17H31IN4O2. The molecule has 0 amide bonds. The van der Waals surface area contributed by atoms with Gasteiger partial charge < -0.3 is 20.1 Å². The fourth-order valence-electron chi connectivity index (χ4n) is 2.10. The molecule has 0 radical (unpaired) electrons. The number of guanidine groups is 1. The van der Waals surface area contributed by atoms with Crippen LogP contribution in [0.2, 0.25) is 0 Å². The lowest BCUT2D eigenvalue weighted by Gasteiger charge is -2.30. The summed E-state index contributed by atoms with van der Waals surface area (Å²) in [5.41, 5.74) is 1.12. The molecule has 0 saturated heterocycles. The van der Waals surface area contributed by atoms with Crippen molar-refractivity contribution in [2.75, 3.05) is 27.3 Å². The zero-order valence-corrected chi connectivity index (χ0v) is 17.9. The van der Waals surface area contributed by atoms with E-state index in [0.29, 0.717) is 19.0 Å². The van der Waals surface area contributed by atoms with Gasteiger partial charge in [0.05, 0.1) is 19.8 Å². The second kappa shape index (κ2) is 11.5. The maximum atomic E-state index is 5.57. The molecule has 1 heterocycles. The summed E-state index contributed by atoms with van der Waals surface area (Å²) in [6, 6.07) is 3.82. The van der Waals surface area contributed by atoms with Crippen LogP contribution in [0.4, 0.5) is 0 Å². The number of hydrogen-bond donors (Lipinski definition) is 2. The summed E-state index contributed by atoms with van der Waals surface area (Å²) in [6.07, 6.45) is 1.83. The summed E-state index contributed by atoms with van der Waals surface area (Å²) >= 11 is 0. The van der Waals surface area contributed by atoms with Crippen LogP contribution in [0.25, 0.3) is 0 Å². The van der Waals surface area contributed by atoms with Gasteiger partial charge in [0.25, 0.3) is 0 Å². The van der Waals surface area contributed by atoms with Crippen molar-refractivity contribution in [2.24, 2.45) is 10.4 Å². The van der Waals surface area contributed by atoms with Gasteiger partial charge in [-0.05, 0) is 24.0 Å². The molecule has 24 heavy (non-hydrogen) atoms. The molecule has 2 N–H and O–H groups in total. The van der Waals surface area contributed by atoms with Gasteiger partial charge in [-0.15, -0.1) is 24.0 Å². The van der Waals surface area contributed by atoms with Crippen LogP contribution in [0, 0.1) is 5.41 Å². The summed E-state index contributed by atoms with van der Waals surface area (Å²) in [4.78, 5) is 8.70. The highest BCUT2D eigenvalue weighted by Gasteiger charge is 2.24. The minimum absolute atomic E-state index is 0. The first-order valence-electron chi connectivity index (χ1n) is 7.94.